The van der Waals surface area contributed by atoms with Crippen molar-refractivity contribution in [3.05, 3.63) is 108 Å². The van der Waals surface area contributed by atoms with Crippen molar-refractivity contribution in [1.29, 1.82) is 0 Å². The summed E-state index contributed by atoms with van der Waals surface area (Å²) in [5.74, 6) is -8.93. The first kappa shape index (κ1) is 26.2. The average Bonchev–Trinajstić information content (AvgIpc) is 3.18. The van der Waals surface area contributed by atoms with Crippen molar-refractivity contribution < 1.29 is 44.3 Å². The maximum absolute atomic E-state index is 14.3. The van der Waals surface area contributed by atoms with E-state index in [1.165, 1.54) is 72.8 Å². The summed E-state index contributed by atoms with van der Waals surface area (Å²) in [4.78, 5) is 56.7. The largest absolute Gasteiger partial charge is 0.394 e. The molecule has 9 heteroatoms. The number of aliphatic hydroxyl groups excluding tert-OH is 3. The Morgan fingerprint density at radius 1 is 0.703 bits per heavy atom. The van der Waals surface area contributed by atoms with Gasteiger partial charge in [-0.25, -0.2) is 0 Å². The summed E-state index contributed by atoms with van der Waals surface area (Å²) < 4.78 is 5.15. The molecule has 1 aliphatic heterocycles. The van der Waals surface area contributed by atoms with E-state index in [1.54, 1.807) is 18.2 Å². The Bertz CT molecular complexity index is 1180. The lowest BCUT2D eigenvalue weighted by molar-refractivity contribution is -0.226. The molecule has 0 amide bonds. The van der Waals surface area contributed by atoms with Crippen molar-refractivity contribution in [1.82, 2.24) is 0 Å². The lowest BCUT2D eigenvalue weighted by Crippen LogP contribution is -2.64. The van der Waals surface area contributed by atoms with Gasteiger partial charge in [0, 0.05) is 16.7 Å². The van der Waals surface area contributed by atoms with E-state index in [9.17, 15) is 39.6 Å². The molecule has 4 rings (SSSR count). The van der Waals surface area contributed by atoms with E-state index in [1.807, 2.05) is 0 Å². The molecule has 190 valence electrons. The van der Waals surface area contributed by atoms with Gasteiger partial charge in [0.15, 0.2) is 17.3 Å². The van der Waals surface area contributed by atoms with Gasteiger partial charge in [-0.15, -0.1) is 0 Å². The van der Waals surface area contributed by atoms with Crippen LogP contribution in [0.3, 0.4) is 0 Å². The molecule has 3 aromatic rings. The van der Waals surface area contributed by atoms with Crippen LogP contribution in [-0.2, 0) is 9.53 Å². The van der Waals surface area contributed by atoms with Crippen LogP contribution in [0, 0.1) is 5.41 Å². The van der Waals surface area contributed by atoms with Crippen LogP contribution in [0.5, 0.6) is 0 Å². The molecule has 0 aromatic heterocycles. The Labute approximate surface area is 211 Å². The number of aliphatic hydroxyl groups is 4. The summed E-state index contributed by atoms with van der Waals surface area (Å²) in [7, 11) is 0. The molecule has 4 atom stereocenters. The van der Waals surface area contributed by atoms with Crippen molar-refractivity contribution in [2.75, 3.05) is 6.61 Å². The lowest BCUT2D eigenvalue weighted by atomic mass is 9.64. The van der Waals surface area contributed by atoms with Gasteiger partial charge in [-0.3, -0.25) is 19.2 Å². The minimum atomic E-state index is -3.38. The number of rotatable bonds is 9. The summed E-state index contributed by atoms with van der Waals surface area (Å²) in [6, 6.07) is 21.3. The van der Waals surface area contributed by atoms with Crippen LogP contribution in [0.2, 0.25) is 0 Å². The molecule has 1 fully saturated rings. The van der Waals surface area contributed by atoms with Gasteiger partial charge in [-0.05, 0) is 0 Å². The van der Waals surface area contributed by atoms with E-state index in [-0.39, 0.29) is 16.7 Å². The van der Waals surface area contributed by atoms with E-state index in [2.05, 4.69) is 0 Å². The van der Waals surface area contributed by atoms with Crippen LogP contribution >= 0.6 is 0 Å². The van der Waals surface area contributed by atoms with Gasteiger partial charge in [-0.2, -0.15) is 0 Å². The predicted octanol–water partition coefficient (Wildman–Crippen LogP) is 0.992. The first-order chi connectivity index (χ1) is 17.7. The third-order valence-corrected chi connectivity index (χ3v) is 6.41. The van der Waals surface area contributed by atoms with Gasteiger partial charge < -0.3 is 25.2 Å². The lowest BCUT2D eigenvalue weighted by Gasteiger charge is -2.35. The van der Waals surface area contributed by atoms with Crippen molar-refractivity contribution in [2.45, 2.75) is 24.1 Å². The summed E-state index contributed by atoms with van der Waals surface area (Å²) in [5, 5.41) is 41.7. The standard InChI is InChI=1S/C28H24O9/c29-16-20-21(30)25(34)28(36,37-20)26(35)27(22(31)17-10-4-1-5-11-17,23(32)18-12-6-2-7-13-18)24(33)19-14-8-3-9-15-19/h1-15,20-21,25,29-30,34,36H,16H2/t20-,21-,25-,28?/m1/s1. The van der Waals surface area contributed by atoms with Crippen LogP contribution in [0.4, 0.5) is 0 Å². The zero-order valence-electron chi connectivity index (χ0n) is 19.4. The van der Waals surface area contributed by atoms with Gasteiger partial charge in [0.05, 0.1) is 6.61 Å². The van der Waals surface area contributed by atoms with Gasteiger partial charge >= 0.3 is 0 Å². The Morgan fingerprint density at radius 3 is 1.35 bits per heavy atom. The smallest absolute Gasteiger partial charge is 0.258 e. The zero-order valence-corrected chi connectivity index (χ0v) is 19.4. The second kappa shape index (κ2) is 10.3. The first-order valence-corrected chi connectivity index (χ1v) is 11.4. The summed E-state index contributed by atoms with van der Waals surface area (Å²) >= 11 is 0. The highest BCUT2D eigenvalue weighted by Gasteiger charge is 2.69. The van der Waals surface area contributed by atoms with Crippen LogP contribution in [0.25, 0.3) is 0 Å². The number of benzene rings is 3. The summed E-state index contributed by atoms with van der Waals surface area (Å²) in [6.45, 7) is -0.910. The fourth-order valence-corrected chi connectivity index (χ4v) is 4.44. The van der Waals surface area contributed by atoms with Gasteiger partial charge in [0.2, 0.25) is 11.2 Å². The molecule has 1 aliphatic rings. The number of ketones is 4. The summed E-state index contributed by atoms with van der Waals surface area (Å²) in [6.07, 6.45) is -5.97. The molecule has 1 heterocycles. The van der Waals surface area contributed by atoms with E-state index in [0.29, 0.717) is 0 Å². The SMILES string of the molecule is O=C(c1ccccc1)C(C(=O)c1ccccc1)(C(=O)c1ccccc1)C(=O)C1(O)O[C@H](CO)[C@@H](O)[C@H]1O. The molecule has 4 N–H and O–H groups in total. The molecule has 0 aliphatic carbocycles. The number of ether oxygens (including phenoxy) is 1. The molecular weight excluding hydrogens is 480 g/mol. The van der Waals surface area contributed by atoms with Crippen LogP contribution in [0.1, 0.15) is 31.1 Å². The Hall–Kier alpha value is -3.86. The zero-order chi connectivity index (χ0) is 26.8. The highest BCUT2D eigenvalue weighted by Crippen LogP contribution is 2.42. The van der Waals surface area contributed by atoms with Crippen LogP contribution in [0.15, 0.2) is 91.0 Å². The second-order valence-corrected chi connectivity index (χ2v) is 8.64. The molecule has 0 spiro atoms. The Morgan fingerprint density at radius 2 is 1.05 bits per heavy atom. The van der Waals surface area contributed by atoms with E-state index < -0.39 is 59.3 Å². The third kappa shape index (κ3) is 4.22. The number of hydrogen-bond donors (Lipinski definition) is 4. The third-order valence-electron chi connectivity index (χ3n) is 6.41. The number of hydrogen-bond acceptors (Lipinski definition) is 9. The van der Waals surface area contributed by atoms with E-state index in [0.717, 1.165) is 0 Å². The molecule has 37 heavy (non-hydrogen) atoms. The molecule has 1 unspecified atom stereocenters. The molecule has 0 bridgehead atoms. The van der Waals surface area contributed by atoms with Gasteiger partial charge in [-0.1, -0.05) is 91.0 Å². The molecule has 0 saturated carbocycles. The Balaban J connectivity index is 2.04. The molecule has 3 aromatic carbocycles. The highest BCUT2D eigenvalue weighted by molar-refractivity contribution is 6.47. The first-order valence-electron chi connectivity index (χ1n) is 11.4. The number of carbonyl (C=O) groups is 4. The topological polar surface area (TPSA) is 158 Å². The minimum absolute atomic E-state index is 0.195. The fraction of sp³-hybridized carbons (Fsp3) is 0.214. The Kier molecular flexibility index (Phi) is 7.26. The molecule has 0 radical (unpaired) electrons. The minimum Gasteiger partial charge on any atom is -0.394 e. The van der Waals surface area contributed by atoms with Crippen molar-refractivity contribution >= 4 is 23.1 Å². The number of Topliss-reactive ketones (excluding diaryl/α,β-unsaturated/α-hetero) is 4. The van der Waals surface area contributed by atoms with Crippen LogP contribution < -0.4 is 0 Å². The van der Waals surface area contributed by atoms with Crippen molar-refractivity contribution in [3.63, 3.8) is 0 Å². The monoisotopic (exact) mass is 504 g/mol. The van der Waals surface area contributed by atoms with E-state index in [4.69, 9.17) is 4.74 Å². The van der Waals surface area contributed by atoms with E-state index >= 15 is 0 Å². The number of carbonyl (C=O) groups excluding carboxylic acids is 4. The second-order valence-electron chi connectivity index (χ2n) is 8.64. The highest BCUT2D eigenvalue weighted by atomic mass is 16.7. The fourth-order valence-electron chi connectivity index (χ4n) is 4.44. The molecular formula is C28H24O9. The maximum Gasteiger partial charge on any atom is 0.258 e. The van der Waals surface area contributed by atoms with Gasteiger partial charge in [0.1, 0.15) is 18.3 Å². The normalized spacial score (nSPS) is 23.4. The van der Waals surface area contributed by atoms with Crippen LogP contribution in [-0.4, -0.2) is 74.3 Å². The maximum atomic E-state index is 14.3. The van der Waals surface area contributed by atoms with Gasteiger partial charge in [0.25, 0.3) is 5.79 Å². The summed E-state index contributed by atoms with van der Waals surface area (Å²) in [5.41, 5.74) is -3.84. The average molecular weight is 504 g/mol. The van der Waals surface area contributed by atoms with Crippen molar-refractivity contribution in [3.8, 4) is 0 Å². The molecule has 9 nitrogen and oxygen atoms in total. The molecule has 1 saturated heterocycles. The van der Waals surface area contributed by atoms with Crippen molar-refractivity contribution in [2.24, 2.45) is 5.41 Å². The predicted molar refractivity (Wildman–Crippen MR) is 129 cm³/mol. The quantitative estimate of drug-likeness (QED) is 0.246.